The second-order valence-corrected chi connectivity index (χ2v) is 5.12. The Balaban J connectivity index is 1.54. The van der Waals surface area contributed by atoms with Gasteiger partial charge < -0.3 is 9.73 Å². The molecule has 1 aliphatic carbocycles. The first kappa shape index (κ1) is 12.7. The van der Waals surface area contributed by atoms with Gasteiger partial charge in [0.2, 0.25) is 0 Å². The Morgan fingerprint density at radius 2 is 2.05 bits per heavy atom. The van der Waals surface area contributed by atoms with E-state index in [4.69, 9.17) is 4.42 Å². The monoisotopic (exact) mass is 271 g/mol. The number of carbonyl (C=O) groups excluding carboxylic acids is 1. The van der Waals surface area contributed by atoms with Gasteiger partial charge in [-0.3, -0.25) is 5.32 Å². The Morgan fingerprint density at radius 1 is 1.30 bits per heavy atom. The molecule has 0 bridgehead atoms. The van der Waals surface area contributed by atoms with Crippen LogP contribution < -0.4 is 10.6 Å². The molecule has 1 aliphatic rings. The van der Waals surface area contributed by atoms with E-state index >= 15 is 0 Å². The van der Waals surface area contributed by atoms with E-state index in [0.29, 0.717) is 11.7 Å². The molecule has 1 fully saturated rings. The predicted molar refractivity (Wildman–Crippen MR) is 75.7 cm³/mol. The molecule has 2 aromatic rings. The minimum Gasteiger partial charge on any atom is -0.428 e. The lowest BCUT2D eigenvalue weighted by Crippen LogP contribution is -2.31. The zero-order valence-corrected chi connectivity index (χ0v) is 11.5. The number of oxazole rings is 1. The summed E-state index contributed by atoms with van der Waals surface area (Å²) in [4.78, 5) is 16.0. The van der Waals surface area contributed by atoms with Gasteiger partial charge in [0.1, 0.15) is 5.76 Å². The van der Waals surface area contributed by atoms with Crippen molar-refractivity contribution in [3.05, 3.63) is 47.3 Å². The number of aromatic nitrogens is 1. The Labute approximate surface area is 117 Å². The normalized spacial score (nSPS) is 20.5. The van der Waals surface area contributed by atoms with Crippen LogP contribution in [0.25, 0.3) is 0 Å². The topological polar surface area (TPSA) is 67.2 Å². The van der Waals surface area contributed by atoms with Crippen molar-refractivity contribution in [1.29, 1.82) is 0 Å². The number of aryl methyl sites for hydroxylation is 2. The standard InChI is InChI=1S/C15H17N3O2/c1-9-10(2)20-15(16-9)18-14(19)17-13-8-12(13)11-6-4-3-5-7-11/h3-7,12-13H,8H2,1-2H3,(H2,16,17,18,19)/t12-,13-/m1/s1. The molecule has 0 spiro atoms. The van der Waals surface area contributed by atoms with Crippen LogP contribution in [0.3, 0.4) is 0 Å². The first-order valence-corrected chi connectivity index (χ1v) is 6.70. The van der Waals surface area contributed by atoms with Crippen molar-refractivity contribution in [1.82, 2.24) is 10.3 Å². The van der Waals surface area contributed by atoms with Crippen LogP contribution in [0.15, 0.2) is 34.7 Å². The number of hydrogen-bond acceptors (Lipinski definition) is 3. The molecule has 1 heterocycles. The summed E-state index contributed by atoms with van der Waals surface area (Å²) in [6, 6.07) is 10.4. The molecule has 1 saturated carbocycles. The molecule has 104 valence electrons. The molecule has 1 aromatic heterocycles. The maximum Gasteiger partial charge on any atom is 0.323 e. The minimum absolute atomic E-state index is 0.189. The van der Waals surface area contributed by atoms with Crippen LogP contribution in [0, 0.1) is 13.8 Å². The summed E-state index contributed by atoms with van der Waals surface area (Å²) in [5.41, 5.74) is 2.05. The van der Waals surface area contributed by atoms with Gasteiger partial charge in [-0.05, 0) is 25.8 Å². The lowest BCUT2D eigenvalue weighted by Gasteiger charge is -2.04. The number of benzene rings is 1. The summed E-state index contributed by atoms with van der Waals surface area (Å²) < 4.78 is 5.32. The van der Waals surface area contributed by atoms with Crippen LogP contribution in [-0.2, 0) is 0 Å². The highest BCUT2D eigenvalue weighted by Crippen LogP contribution is 2.40. The Bertz CT molecular complexity index is 602. The van der Waals surface area contributed by atoms with Gasteiger partial charge in [-0.1, -0.05) is 30.3 Å². The number of hydrogen-bond donors (Lipinski definition) is 2. The Kier molecular flexibility index (Phi) is 3.18. The highest BCUT2D eigenvalue weighted by atomic mass is 16.4. The third kappa shape index (κ3) is 2.66. The van der Waals surface area contributed by atoms with Crippen LogP contribution in [0.1, 0.15) is 29.4 Å². The number of urea groups is 1. The Hall–Kier alpha value is -2.30. The van der Waals surface area contributed by atoms with Gasteiger partial charge in [-0.25, -0.2) is 4.79 Å². The van der Waals surface area contributed by atoms with Crippen molar-refractivity contribution in [2.75, 3.05) is 5.32 Å². The highest BCUT2D eigenvalue weighted by molar-refractivity contribution is 5.87. The molecule has 2 atom stereocenters. The van der Waals surface area contributed by atoms with E-state index in [1.807, 2.05) is 32.0 Å². The van der Waals surface area contributed by atoms with Gasteiger partial charge in [0.25, 0.3) is 0 Å². The van der Waals surface area contributed by atoms with Crippen LogP contribution >= 0.6 is 0 Å². The smallest absolute Gasteiger partial charge is 0.323 e. The van der Waals surface area contributed by atoms with Gasteiger partial charge in [0, 0.05) is 12.0 Å². The number of amides is 2. The quantitative estimate of drug-likeness (QED) is 0.901. The van der Waals surface area contributed by atoms with E-state index in [0.717, 1.165) is 12.1 Å². The highest BCUT2D eigenvalue weighted by Gasteiger charge is 2.39. The molecule has 0 unspecified atom stereocenters. The van der Waals surface area contributed by atoms with Gasteiger partial charge in [0.05, 0.1) is 5.69 Å². The third-order valence-electron chi connectivity index (χ3n) is 3.58. The minimum atomic E-state index is -0.269. The number of rotatable bonds is 3. The van der Waals surface area contributed by atoms with Crippen LogP contribution in [0.2, 0.25) is 0 Å². The van der Waals surface area contributed by atoms with Gasteiger partial charge in [-0.15, -0.1) is 0 Å². The van der Waals surface area contributed by atoms with E-state index in [-0.39, 0.29) is 18.1 Å². The van der Waals surface area contributed by atoms with Crippen LogP contribution in [-0.4, -0.2) is 17.1 Å². The molecule has 0 radical (unpaired) electrons. The van der Waals surface area contributed by atoms with E-state index in [2.05, 4.69) is 27.8 Å². The fourth-order valence-electron chi connectivity index (χ4n) is 2.25. The van der Waals surface area contributed by atoms with E-state index in [1.165, 1.54) is 5.56 Å². The molecular formula is C15H17N3O2. The van der Waals surface area contributed by atoms with Crippen molar-refractivity contribution in [2.24, 2.45) is 0 Å². The second-order valence-electron chi connectivity index (χ2n) is 5.12. The molecule has 3 rings (SSSR count). The van der Waals surface area contributed by atoms with E-state index in [9.17, 15) is 4.79 Å². The summed E-state index contributed by atoms with van der Waals surface area (Å²) in [6.07, 6.45) is 0.973. The van der Waals surface area contributed by atoms with Crippen molar-refractivity contribution < 1.29 is 9.21 Å². The van der Waals surface area contributed by atoms with E-state index < -0.39 is 0 Å². The van der Waals surface area contributed by atoms with Crippen molar-refractivity contribution >= 4 is 12.0 Å². The molecule has 2 amide bonds. The fraction of sp³-hybridized carbons (Fsp3) is 0.333. The largest absolute Gasteiger partial charge is 0.428 e. The molecule has 0 aliphatic heterocycles. The fourth-order valence-corrected chi connectivity index (χ4v) is 2.25. The Morgan fingerprint density at radius 3 is 2.70 bits per heavy atom. The molecule has 20 heavy (non-hydrogen) atoms. The summed E-state index contributed by atoms with van der Waals surface area (Å²) in [6.45, 7) is 3.66. The van der Waals surface area contributed by atoms with Gasteiger partial charge >= 0.3 is 12.0 Å². The number of carbonyl (C=O) groups is 1. The third-order valence-corrected chi connectivity index (χ3v) is 3.58. The van der Waals surface area contributed by atoms with Crippen LogP contribution in [0.5, 0.6) is 0 Å². The molecule has 2 N–H and O–H groups in total. The summed E-state index contributed by atoms with van der Waals surface area (Å²) in [5.74, 6) is 1.13. The van der Waals surface area contributed by atoms with Crippen molar-refractivity contribution in [2.45, 2.75) is 32.2 Å². The lowest BCUT2D eigenvalue weighted by atomic mass is 10.1. The number of nitrogens with zero attached hydrogens (tertiary/aromatic N) is 1. The molecule has 0 saturated heterocycles. The summed E-state index contributed by atoms with van der Waals surface area (Å²) in [7, 11) is 0. The number of nitrogens with one attached hydrogen (secondary N) is 2. The van der Waals surface area contributed by atoms with Crippen LogP contribution in [0.4, 0.5) is 10.8 Å². The maximum absolute atomic E-state index is 11.8. The van der Waals surface area contributed by atoms with Gasteiger partial charge in [-0.2, -0.15) is 4.98 Å². The summed E-state index contributed by atoms with van der Waals surface area (Å²) >= 11 is 0. The molecular weight excluding hydrogens is 254 g/mol. The van der Waals surface area contributed by atoms with Crippen molar-refractivity contribution in [3.8, 4) is 0 Å². The average Bonchev–Trinajstić information content (AvgIpc) is 3.11. The molecule has 5 heteroatoms. The zero-order valence-electron chi connectivity index (χ0n) is 11.5. The molecule has 1 aromatic carbocycles. The SMILES string of the molecule is Cc1nc(NC(=O)N[C@@H]2C[C@@H]2c2ccccc2)oc1C. The van der Waals surface area contributed by atoms with Crippen molar-refractivity contribution in [3.63, 3.8) is 0 Å². The first-order valence-electron chi connectivity index (χ1n) is 6.70. The predicted octanol–water partition coefficient (Wildman–Crippen LogP) is 2.97. The first-order chi connectivity index (χ1) is 9.63. The second kappa shape index (κ2) is 5.00. The maximum atomic E-state index is 11.8. The number of anilines is 1. The summed E-state index contributed by atoms with van der Waals surface area (Å²) in [5, 5.41) is 5.55. The molecule has 5 nitrogen and oxygen atoms in total. The lowest BCUT2D eigenvalue weighted by molar-refractivity contribution is 0.251. The van der Waals surface area contributed by atoms with Gasteiger partial charge in [0.15, 0.2) is 0 Å². The average molecular weight is 271 g/mol. The van der Waals surface area contributed by atoms with E-state index in [1.54, 1.807) is 0 Å². The zero-order chi connectivity index (χ0) is 14.1.